The molecule has 4 heteroatoms. The fraction of sp³-hybridized carbons (Fsp3) is 0.167. The summed E-state index contributed by atoms with van der Waals surface area (Å²) in [5.41, 5.74) is 2.10. The summed E-state index contributed by atoms with van der Waals surface area (Å²) >= 11 is 0. The topological polar surface area (TPSA) is 37.4 Å². The Balaban J connectivity index is 1.77. The van der Waals surface area contributed by atoms with Crippen LogP contribution >= 0.6 is 0 Å². The second-order valence-electron chi connectivity index (χ2n) is 5.25. The molecule has 0 unspecified atom stereocenters. The van der Waals surface area contributed by atoms with Gasteiger partial charge in [-0.05, 0) is 36.1 Å². The molecule has 2 aromatic carbocycles. The Morgan fingerprint density at radius 3 is 2.09 bits per heavy atom. The van der Waals surface area contributed by atoms with Gasteiger partial charge in [-0.15, -0.1) is 0 Å². The van der Waals surface area contributed by atoms with Gasteiger partial charge in [0.15, 0.2) is 0 Å². The first-order valence-corrected chi connectivity index (χ1v) is 8.79. The Morgan fingerprint density at radius 1 is 0.864 bits per heavy atom. The van der Waals surface area contributed by atoms with Crippen LogP contribution in [0.25, 0.3) is 12.2 Å². The zero-order valence-electron chi connectivity index (χ0n) is 12.2. The molecule has 3 rings (SSSR count). The molecule has 0 aliphatic carbocycles. The molecule has 0 bridgehead atoms. The van der Waals surface area contributed by atoms with Crippen LogP contribution in [0.3, 0.4) is 0 Å². The van der Waals surface area contributed by atoms with Gasteiger partial charge in [-0.25, -0.2) is 8.42 Å². The summed E-state index contributed by atoms with van der Waals surface area (Å²) in [6.07, 6.45) is 5.72. The fourth-order valence-electron chi connectivity index (χ4n) is 2.43. The largest absolute Gasteiger partial charge is 0.243 e. The van der Waals surface area contributed by atoms with Crippen molar-refractivity contribution in [2.45, 2.75) is 17.7 Å². The highest BCUT2D eigenvalue weighted by Gasteiger charge is 2.27. The van der Waals surface area contributed by atoms with E-state index < -0.39 is 10.0 Å². The highest BCUT2D eigenvalue weighted by atomic mass is 32.2. The van der Waals surface area contributed by atoms with E-state index >= 15 is 0 Å². The maximum atomic E-state index is 12.4. The Hall–Kier alpha value is -1.91. The predicted molar refractivity (Wildman–Crippen MR) is 89.2 cm³/mol. The average Bonchev–Trinajstić information content (AvgIpc) is 3.10. The van der Waals surface area contributed by atoms with Gasteiger partial charge in [0.2, 0.25) is 10.0 Å². The summed E-state index contributed by atoms with van der Waals surface area (Å²) < 4.78 is 26.2. The Kier molecular flexibility index (Phi) is 4.41. The molecule has 0 N–H and O–H groups in total. The molecular formula is C18H18NO2S. The zero-order chi connectivity index (χ0) is 15.4. The minimum atomic E-state index is -3.37. The van der Waals surface area contributed by atoms with Gasteiger partial charge in [-0.1, -0.05) is 54.6 Å². The quantitative estimate of drug-likeness (QED) is 0.805. The number of sulfonamides is 1. The molecule has 0 atom stereocenters. The molecule has 1 radical (unpaired) electrons. The van der Waals surface area contributed by atoms with Gasteiger partial charge in [-0.3, -0.25) is 0 Å². The number of benzene rings is 2. The molecule has 1 aliphatic heterocycles. The summed E-state index contributed by atoms with van der Waals surface area (Å²) in [7, 11) is -3.37. The van der Waals surface area contributed by atoms with Gasteiger partial charge < -0.3 is 0 Å². The lowest BCUT2D eigenvalue weighted by molar-refractivity contribution is 0.507. The molecule has 3 nitrogen and oxygen atoms in total. The van der Waals surface area contributed by atoms with E-state index in [0.29, 0.717) is 11.4 Å². The second kappa shape index (κ2) is 6.46. The van der Waals surface area contributed by atoms with Crippen molar-refractivity contribution in [2.75, 3.05) is 6.54 Å². The van der Waals surface area contributed by atoms with Gasteiger partial charge in [0.1, 0.15) is 0 Å². The highest BCUT2D eigenvalue weighted by molar-refractivity contribution is 7.89. The van der Waals surface area contributed by atoms with Crippen LogP contribution in [0.4, 0.5) is 0 Å². The molecule has 1 saturated heterocycles. The van der Waals surface area contributed by atoms with Crippen molar-refractivity contribution in [3.8, 4) is 0 Å². The van der Waals surface area contributed by atoms with Gasteiger partial charge in [0, 0.05) is 13.1 Å². The summed E-state index contributed by atoms with van der Waals surface area (Å²) in [6, 6.07) is 17.0. The molecule has 1 aliphatic rings. The first kappa shape index (κ1) is 15.0. The summed E-state index contributed by atoms with van der Waals surface area (Å²) in [5, 5.41) is 0. The van der Waals surface area contributed by atoms with Crippen LogP contribution < -0.4 is 0 Å². The monoisotopic (exact) mass is 312 g/mol. The maximum absolute atomic E-state index is 12.4. The average molecular weight is 312 g/mol. The number of nitrogens with zero attached hydrogens (tertiary/aromatic N) is 1. The number of rotatable bonds is 4. The summed E-state index contributed by atoms with van der Waals surface area (Å²) in [5.74, 6) is 0. The third-order valence-electron chi connectivity index (χ3n) is 3.67. The maximum Gasteiger partial charge on any atom is 0.243 e. The van der Waals surface area contributed by atoms with Crippen LogP contribution in [-0.2, 0) is 10.0 Å². The van der Waals surface area contributed by atoms with E-state index in [0.717, 1.165) is 24.0 Å². The lowest BCUT2D eigenvalue weighted by atomic mass is 10.1. The smallest absolute Gasteiger partial charge is 0.207 e. The zero-order valence-corrected chi connectivity index (χ0v) is 13.0. The molecule has 0 saturated carbocycles. The molecular weight excluding hydrogens is 294 g/mol. The van der Waals surface area contributed by atoms with Gasteiger partial charge in [0.25, 0.3) is 0 Å². The first-order chi connectivity index (χ1) is 10.7. The van der Waals surface area contributed by atoms with Crippen LogP contribution in [0.2, 0.25) is 0 Å². The first-order valence-electron chi connectivity index (χ1n) is 7.35. The Morgan fingerprint density at radius 2 is 1.50 bits per heavy atom. The van der Waals surface area contributed by atoms with E-state index in [1.165, 1.54) is 4.31 Å². The molecule has 113 valence electrons. The molecule has 1 heterocycles. The molecule has 22 heavy (non-hydrogen) atoms. The van der Waals surface area contributed by atoms with Crippen molar-refractivity contribution >= 4 is 22.2 Å². The van der Waals surface area contributed by atoms with Crippen molar-refractivity contribution in [3.05, 3.63) is 72.3 Å². The second-order valence-corrected chi connectivity index (χ2v) is 7.14. The van der Waals surface area contributed by atoms with Gasteiger partial charge >= 0.3 is 0 Å². The molecule has 0 spiro atoms. The highest BCUT2D eigenvalue weighted by Crippen LogP contribution is 2.23. The van der Waals surface area contributed by atoms with Crippen LogP contribution in [-0.4, -0.2) is 19.3 Å². The molecule has 0 aromatic heterocycles. The Bertz CT molecular complexity index is 743. The van der Waals surface area contributed by atoms with E-state index in [4.69, 9.17) is 0 Å². The summed E-state index contributed by atoms with van der Waals surface area (Å²) in [4.78, 5) is 0.350. The SMILES string of the molecule is O=S(=O)(c1ccc(C=Cc2ccccc2)cc1)N1[CH]CCC1. The van der Waals surface area contributed by atoms with E-state index in [1.807, 2.05) is 54.6 Å². The van der Waals surface area contributed by atoms with Gasteiger partial charge in [0.05, 0.1) is 4.90 Å². The van der Waals surface area contributed by atoms with Gasteiger partial charge in [-0.2, -0.15) is 4.31 Å². The van der Waals surface area contributed by atoms with E-state index in [9.17, 15) is 8.42 Å². The molecule has 0 amide bonds. The minimum Gasteiger partial charge on any atom is -0.207 e. The van der Waals surface area contributed by atoms with Crippen LogP contribution in [0, 0.1) is 6.54 Å². The Labute approximate surface area is 132 Å². The third kappa shape index (κ3) is 3.29. The predicted octanol–water partition coefficient (Wildman–Crippen LogP) is 3.80. The van der Waals surface area contributed by atoms with Crippen molar-refractivity contribution in [1.82, 2.24) is 4.31 Å². The molecule has 1 fully saturated rings. The van der Waals surface area contributed by atoms with Crippen LogP contribution in [0.5, 0.6) is 0 Å². The van der Waals surface area contributed by atoms with Crippen molar-refractivity contribution in [2.24, 2.45) is 0 Å². The summed E-state index contributed by atoms with van der Waals surface area (Å²) in [6.45, 7) is 2.34. The van der Waals surface area contributed by atoms with Crippen molar-refractivity contribution in [1.29, 1.82) is 0 Å². The molecule has 2 aromatic rings. The standard InChI is InChI=1S/C18H18NO2S/c20-22(21,19-14-4-5-15-19)18-12-10-17(11-13-18)9-8-16-6-2-1-3-7-16/h1-3,6-14H,4-5,15H2. The third-order valence-corrected chi connectivity index (χ3v) is 5.49. The van der Waals surface area contributed by atoms with Crippen molar-refractivity contribution < 1.29 is 8.42 Å². The van der Waals surface area contributed by atoms with Crippen molar-refractivity contribution in [3.63, 3.8) is 0 Å². The lowest BCUT2D eigenvalue weighted by Crippen LogP contribution is -2.25. The number of hydrogen-bond donors (Lipinski definition) is 0. The van der Waals surface area contributed by atoms with Crippen LogP contribution in [0.15, 0.2) is 59.5 Å². The van der Waals surface area contributed by atoms with Crippen LogP contribution in [0.1, 0.15) is 24.0 Å². The minimum absolute atomic E-state index is 0.350. The normalized spacial score (nSPS) is 16.4. The van der Waals surface area contributed by atoms with E-state index in [1.54, 1.807) is 18.7 Å². The number of hydrogen-bond acceptors (Lipinski definition) is 2. The van der Waals surface area contributed by atoms with E-state index in [-0.39, 0.29) is 0 Å². The fourth-order valence-corrected chi connectivity index (χ4v) is 3.86. The van der Waals surface area contributed by atoms with E-state index in [2.05, 4.69) is 0 Å². The lowest BCUT2D eigenvalue weighted by Gasteiger charge is -2.14.